The lowest BCUT2D eigenvalue weighted by Crippen LogP contribution is -2.44. The molecule has 0 bridgehead atoms. The number of pyridine rings is 1. The summed E-state index contributed by atoms with van der Waals surface area (Å²) in [7, 11) is 0. The summed E-state index contributed by atoms with van der Waals surface area (Å²) in [5.74, 6) is -0.420. The molecule has 1 N–H and O–H groups in total. The summed E-state index contributed by atoms with van der Waals surface area (Å²) >= 11 is 0. The minimum absolute atomic E-state index is 0.0619. The lowest BCUT2D eigenvalue weighted by molar-refractivity contribution is -0.120. The second-order valence-electron chi connectivity index (χ2n) is 5.97. The number of ether oxygens (including phenoxy) is 2. The van der Waals surface area contributed by atoms with Crippen LogP contribution in [0.3, 0.4) is 0 Å². The smallest absolute Gasteiger partial charge is 0.356 e. The van der Waals surface area contributed by atoms with Crippen LogP contribution in [0.4, 0.5) is 0 Å². The molecule has 2 aromatic rings. The first kappa shape index (κ1) is 15.4. The molecule has 1 aliphatic rings. The van der Waals surface area contributed by atoms with Gasteiger partial charge in [-0.05, 0) is 19.1 Å². The summed E-state index contributed by atoms with van der Waals surface area (Å²) < 4.78 is 11.0. The van der Waals surface area contributed by atoms with Crippen LogP contribution in [0.15, 0.2) is 24.5 Å². The third-order valence-corrected chi connectivity index (χ3v) is 3.63. The lowest BCUT2D eigenvalue weighted by Gasteiger charge is -2.37. The number of nitrogens with zero attached hydrogens (tertiary/aromatic N) is 3. The third kappa shape index (κ3) is 3.29. The van der Waals surface area contributed by atoms with Crippen molar-refractivity contribution in [2.24, 2.45) is 5.41 Å². The van der Waals surface area contributed by atoms with Gasteiger partial charge in [-0.2, -0.15) is 0 Å². The molecule has 0 amide bonds. The Balaban J connectivity index is 1.78. The predicted molar refractivity (Wildman–Crippen MR) is 81.4 cm³/mol. The zero-order valence-electron chi connectivity index (χ0n) is 12.9. The van der Waals surface area contributed by atoms with Crippen LogP contribution >= 0.6 is 0 Å². The van der Waals surface area contributed by atoms with E-state index >= 15 is 0 Å². The molecule has 23 heavy (non-hydrogen) atoms. The van der Waals surface area contributed by atoms with E-state index in [4.69, 9.17) is 14.6 Å². The molecule has 1 aliphatic heterocycles. The SMILES string of the molecule is Cc1nc(-c2cncc(C(=O)O)n2)ccc1OCC1(C)COC1. The predicted octanol–water partition coefficient (Wildman–Crippen LogP) is 1.96. The normalized spacial score (nSPS) is 15.7. The van der Waals surface area contributed by atoms with Crippen molar-refractivity contribution in [2.45, 2.75) is 13.8 Å². The highest BCUT2D eigenvalue weighted by molar-refractivity contribution is 5.85. The maximum atomic E-state index is 11.0. The Morgan fingerprint density at radius 2 is 2.09 bits per heavy atom. The fourth-order valence-corrected chi connectivity index (χ4v) is 2.22. The molecule has 0 atom stereocenters. The van der Waals surface area contributed by atoms with E-state index in [9.17, 15) is 4.79 Å². The molecule has 120 valence electrons. The Labute approximate surface area is 133 Å². The van der Waals surface area contributed by atoms with Crippen molar-refractivity contribution in [3.63, 3.8) is 0 Å². The summed E-state index contributed by atoms with van der Waals surface area (Å²) in [5.41, 5.74) is 1.64. The van der Waals surface area contributed by atoms with Gasteiger partial charge < -0.3 is 14.6 Å². The second kappa shape index (κ2) is 5.92. The minimum atomic E-state index is -1.12. The largest absolute Gasteiger partial charge is 0.491 e. The molecule has 0 radical (unpaired) electrons. The second-order valence-corrected chi connectivity index (χ2v) is 5.97. The first-order chi connectivity index (χ1) is 11.0. The number of rotatable bonds is 5. The van der Waals surface area contributed by atoms with Gasteiger partial charge in [0.2, 0.25) is 0 Å². The Kier molecular flexibility index (Phi) is 3.96. The lowest BCUT2D eigenvalue weighted by atomic mass is 9.90. The maximum absolute atomic E-state index is 11.0. The van der Waals surface area contributed by atoms with Crippen molar-refractivity contribution < 1.29 is 19.4 Å². The zero-order valence-corrected chi connectivity index (χ0v) is 12.9. The first-order valence-corrected chi connectivity index (χ1v) is 7.21. The van der Waals surface area contributed by atoms with Gasteiger partial charge >= 0.3 is 5.97 Å². The van der Waals surface area contributed by atoms with Gasteiger partial charge in [-0.15, -0.1) is 0 Å². The molecule has 0 unspecified atom stereocenters. The molecule has 0 saturated carbocycles. The number of hydrogen-bond donors (Lipinski definition) is 1. The summed E-state index contributed by atoms with van der Waals surface area (Å²) in [4.78, 5) is 23.3. The number of aryl methyl sites for hydroxylation is 1. The van der Waals surface area contributed by atoms with Gasteiger partial charge in [-0.3, -0.25) is 4.98 Å². The molecule has 0 aromatic carbocycles. The quantitative estimate of drug-likeness (QED) is 0.901. The Morgan fingerprint density at radius 3 is 2.70 bits per heavy atom. The highest BCUT2D eigenvalue weighted by Gasteiger charge is 2.34. The van der Waals surface area contributed by atoms with Crippen LogP contribution in [0.25, 0.3) is 11.4 Å². The number of hydrogen-bond acceptors (Lipinski definition) is 6. The third-order valence-electron chi connectivity index (χ3n) is 3.63. The van der Waals surface area contributed by atoms with Gasteiger partial charge in [-0.1, -0.05) is 6.92 Å². The van der Waals surface area contributed by atoms with Gasteiger partial charge in [0.1, 0.15) is 11.4 Å². The molecule has 7 heteroatoms. The Hall–Kier alpha value is -2.54. The molecule has 2 aromatic heterocycles. The molecule has 3 heterocycles. The van der Waals surface area contributed by atoms with Crippen LogP contribution in [-0.2, 0) is 4.74 Å². The van der Waals surface area contributed by atoms with Crippen molar-refractivity contribution in [1.29, 1.82) is 0 Å². The Bertz CT molecular complexity index is 744. The average molecular weight is 315 g/mol. The van der Waals surface area contributed by atoms with Gasteiger partial charge in [-0.25, -0.2) is 14.8 Å². The monoisotopic (exact) mass is 315 g/mol. The summed E-state index contributed by atoms with van der Waals surface area (Å²) in [6, 6.07) is 3.56. The van der Waals surface area contributed by atoms with Crippen LogP contribution in [0.5, 0.6) is 5.75 Å². The maximum Gasteiger partial charge on any atom is 0.356 e. The van der Waals surface area contributed by atoms with Crippen LogP contribution in [-0.4, -0.2) is 45.8 Å². The van der Waals surface area contributed by atoms with Crippen LogP contribution < -0.4 is 4.74 Å². The van der Waals surface area contributed by atoms with E-state index in [-0.39, 0.29) is 11.1 Å². The average Bonchev–Trinajstić information content (AvgIpc) is 2.52. The Morgan fingerprint density at radius 1 is 1.30 bits per heavy atom. The highest BCUT2D eigenvalue weighted by Crippen LogP contribution is 2.29. The number of carboxylic acid groups (broad SMARTS) is 1. The number of aromatic nitrogens is 3. The fourth-order valence-electron chi connectivity index (χ4n) is 2.22. The molecule has 0 aliphatic carbocycles. The molecule has 0 spiro atoms. The molecular weight excluding hydrogens is 298 g/mol. The van der Waals surface area contributed by atoms with E-state index < -0.39 is 5.97 Å². The van der Waals surface area contributed by atoms with E-state index in [1.165, 1.54) is 12.4 Å². The highest BCUT2D eigenvalue weighted by atomic mass is 16.5. The zero-order chi connectivity index (χ0) is 16.4. The summed E-state index contributed by atoms with van der Waals surface area (Å²) in [6.45, 7) is 5.93. The van der Waals surface area contributed by atoms with Crippen LogP contribution in [0.1, 0.15) is 23.1 Å². The van der Waals surface area contributed by atoms with E-state index in [0.717, 1.165) is 0 Å². The van der Waals surface area contributed by atoms with Crippen molar-refractivity contribution in [3.05, 3.63) is 35.9 Å². The van der Waals surface area contributed by atoms with Gasteiger partial charge in [0.25, 0.3) is 0 Å². The van der Waals surface area contributed by atoms with Crippen molar-refractivity contribution >= 4 is 5.97 Å². The van der Waals surface area contributed by atoms with Gasteiger partial charge in [0.05, 0.1) is 43.6 Å². The summed E-state index contributed by atoms with van der Waals surface area (Å²) in [6.07, 6.45) is 2.69. The van der Waals surface area contributed by atoms with Crippen molar-refractivity contribution in [3.8, 4) is 17.1 Å². The van der Waals surface area contributed by atoms with Gasteiger partial charge in [0.15, 0.2) is 5.69 Å². The number of carboxylic acids is 1. The van der Waals surface area contributed by atoms with Gasteiger partial charge in [0, 0.05) is 5.41 Å². The number of carbonyl (C=O) groups is 1. The van der Waals surface area contributed by atoms with E-state index in [0.29, 0.717) is 42.7 Å². The first-order valence-electron chi connectivity index (χ1n) is 7.21. The van der Waals surface area contributed by atoms with Crippen molar-refractivity contribution in [1.82, 2.24) is 15.0 Å². The van der Waals surface area contributed by atoms with E-state index in [1.807, 2.05) is 13.0 Å². The van der Waals surface area contributed by atoms with Crippen LogP contribution in [0.2, 0.25) is 0 Å². The molecule has 3 rings (SSSR count). The minimum Gasteiger partial charge on any atom is -0.491 e. The van der Waals surface area contributed by atoms with Crippen molar-refractivity contribution in [2.75, 3.05) is 19.8 Å². The fraction of sp³-hybridized carbons (Fsp3) is 0.375. The molecule has 1 saturated heterocycles. The van der Waals surface area contributed by atoms with Crippen LogP contribution in [0, 0.1) is 12.3 Å². The summed E-state index contributed by atoms with van der Waals surface area (Å²) in [5, 5.41) is 8.98. The van der Waals surface area contributed by atoms with E-state index in [1.54, 1.807) is 6.07 Å². The van der Waals surface area contributed by atoms with E-state index in [2.05, 4.69) is 21.9 Å². The standard InChI is InChI=1S/C16H17N3O4/c1-10-14(23-9-16(2)7-22-8-16)4-3-11(18-10)12-5-17-6-13(19-12)15(20)21/h3-6H,7-9H2,1-2H3,(H,20,21). The topological polar surface area (TPSA) is 94.4 Å². The number of aromatic carboxylic acids is 1. The molecule has 1 fully saturated rings. The molecule has 7 nitrogen and oxygen atoms in total. The molecular formula is C16H17N3O4.